The molecule has 0 bridgehead atoms. The number of rotatable bonds is 5. The maximum atomic E-state index is 12.1. The van der Waals surface area contributed by atoms with Gasteiger partial charge in [0.05, 0.1) is 23.4 Å². The molecule has 0 aromatic heterocycles. The van der Waals surface area contributed by atoms with E-state index in [9.17, 15) is 9.00 Å². The van der Waals surface area contributed by atoms with Crippen molar-refractivity contribution in [1.82, 2.24) is 5.32 Å². The molecule has 126 valence electrons. The molecule has 0 spiro atoms. The van der Waals surface area contributed by atoms with Crippen LogP contribution in [0.15, 0.2) is 12.1 Å². The van der Waals surface area contributed by atoms with Gasteiger partial charge < -0.3 is 15.8 Å². The average molecular weight is 369 g/mol. The number of nitrogen functional groups attached to an aromatic ring is 1. The summed E-state index contributed by atoms with van der Waals surface area (Å²) in [5.74, 6) is 0.409. The minimum absolute atomic E-state index is 0. The van der Waals surface area contributed by atoms with Crippen LogP contribution in [0.25, 0.3) is 0 Å². The zero-order chi connectivity index (χ0) is 16.2. The Hall–Kier alpha value is -0.980. The molecule has 0 fully saturated rings. The van der Waals surface area contributed by atoms with E-state index in [1.54, 1.807) is 0 Å². The molecule has 22 heavy (non-hydrogen) atoms. The summed E-state index contributed by atoms with van der Waals surface area (Å²) < 4.78 is 16.7. The Kier molecular flexibility index (Phi) is 8.22. The maximum Gasteiger partial charge on any atom is 0.255 e. The lowest BCUT2D eigenvalue weighted by Crippen LogP contribution is -2.32. The van der Waals surface area contributed by atoms with E-state index in [0.29, 0.717) is 34.3 Å². The van der Waals surface area contributed by atoms with Crippen molar-refractivity contribution < 1.29 is 13.7 Å². The van der Waals surface area contributed by atoms with Crippen LogP contribution in [0.5, 0.6) is 5.75 Å². The molecule has 8 heteroatoms. The first-order valence-electron chi connectivity index (χ1n) is 6.46. The molecule has 0 aliphatic heterocycles. The molecule has 0 saturated carbocycles. The first-order valence-corrected chi connectivity index (χ1v) is 8.16. The average Bonchev–Trinajstić information content (AvgIpc) is 2.39. The van der Waals surface area contributed by atoms with Crippen LogP contribution in [0.1, 0.15) is 31.1 Å². The molecule has 0 radical (unpaired) electrons. The fraction of sp³-hybridized carbons (Fsp3) is 0.500. The summed E-state index contributed by atoms with van der Waals surface area (Å²) in [7, 11) is 0.435. The second-order valence-electron chi connectivity index (χ2n) is 5.49. The lowest BCUT2D eigenvalue weighted by atomic mass is 10.1. The number of benzene rings is 1. The van der Waals surface area contributed by atoms with Crippen LogP contribution in [0, 0.1) is 0 Å². The Morgan fingerprint density at radius 2 is 2.00 bits per heavy atom. The Labute approximate surface area is 144 Å². The summed E-state index contributed by atoms with van der Waals surface area (Å²) in [5, 5.41) is 3.00. The van der Waals surface area contributed by atoms with E-state index in [4.69, 9.17) is 22.1 Å². The third-order valence-corrected chi connectivity index (χ3v) is 5.09. The molecule has 1 rings (SSSR count). The Morgan fingerprint density at radius 1 is 1.41 bits per heavy atom. The summed E-state index contributed by atoms with van der Waals surface area (Å²) in [5.41, 5.74) is 6.32. The molecular formula is C14H22Cl2N2O3S. The van der Waals surface area contributed by atoms with Gasteiger partial charge in [0.15, 0.2) is 0 Å². The zero-order valence-corrected chi connectivity index (χ0v) is 15.5. The molecule has 1 unspecified atom stereocenters. The van der Waals surface area contributed by atoms with Crippen molar-refractivity contribution in [3.63, 3.8) is 0 Å². The van der Waals surface area contributed by atoms with Crippen LogP contribution in [0.3, 0.4) is 0 Å². The molecular weight excluding hydrogens is 347 g/mol. The van der Waals surface area contributed by atoms with Crippen LogP contribution in [0.2, 0.25) is 5.02 Å². The van der Waals surface area contributed by atoms with Crippen LogP contribution < -0.4 is 15.8 Å². The molecule has 1 aromatic rings. The van der Waals surface area contributed by atoms with Gasteiger partial charge in [-0.3, -0.25) is 9.00 Å². The molecule has 5 nitrogen and oxygen atoms in total. The molecule has 1 aromatic carbocycles. The lowest BCUT2D eigenvalue weighted by molar-refractivity contribution is 0.0953. The second-order valence-corrected chi connectivity index (χ2v) is 8.22. The second kappa shape index (κ2) is 8.60. The molecule has 0 aliphatic carbocycles. The van der Waals surface area contributed by atoms with Crippen LogP contribution in [0.4, 0.5) is 5.69 Å². The Morgan fingerprint density at radius 3 is 2.50 bits per heavy atom. The molecule has 1 amide bonds. The van der Waals surface area contributed by atoms with Gasteiger partial charge in [-0.05, 0) is 26.8 Å². The monoisotopic (exact) mass is 368 g/mol. The van der Waals surface area contributed by atoms with Crippen LogP contribution in [-0.4, -0.2) is 34.3 Å². The predicted octanol–water partition coefficient (Wildman–Crippen LogP) is 2.63. The van der Waals surface area contributed by atoms with Crippen molar-refractivity contribution in [1.29, 1.82) is 0 Å². The van der Waals surface area contributed by atoms with Crippen LogP contribution in [-0.2, 0) is 10.8 Å². The Bertz CT molecular complexity index is 560. The number of nitrogens with one attached hydrogen (secondary N) is 1. The fourth-order valence-corrected chi connectivity index (χ4v) is 2.64. The van der Waals surface area contributed by atoms with Crippen molar-refractivity contribution >= 4 is 46.4 Å². The number of nitrogens with two attached hydrogens (primary N) is 1. The molecule has 0 saturated heterocycles. The van der Waals surface area contributed by atoms with Crippen molar-refractivity contribution in [2.45, 2.75) is 25.5 Å². The first-order chi connectivity index (χ1) is 9.66. The minimum Gasteiger partial charge on any atom is -0.496 e. The highest BCUT2D eigenvalue weighted by Gasteiger charge is 2.20. The van der Waals surface area contributed by atoms with Gasteiger partial charge in [-0.1, -0.05) is 11.6 Å². The van der Waals surface area contributed by atoms with Gasteiger partial charge in [-0.2, -0.15) is 0 Å². The quantitative estimate of drug-likeness (QED) is 0.782. The van der Waals surface area contributed by atoms with Gasteiger partial charge in [-0.15, -0.1) is 12.4 Å². The number of carbonyl (C=O) groups excluding carboxylic acids is 1. The highest BCUT2D eigenvalue weighted by atomic mass is 35.5. The number of amides is 1. The SMILES string of the molecule is COc1cc(N)c(Cl)cc1C(=O)NCCS(=O)C(C)(C)C.Cl. The number of carbonyl (C=O) groups is 1. The van der Waals surface area contributed by atoms with Crippen molar-refractivity contribution in [3.05, 3.63) is 22.7 Å². The number of ether oxygens (including phenoxy) is 1. The van der Waals surface area contributed by atoms with E-state index >= 15 is 0 Å². The summed E-state index contributed by atoms with van der Waals surface area (Å²) >= 11 is 5.92. The Balaban J connectivity index is 0.00000441. The van der Waals surface area contributed by atoms with E-state index in [-0.39, 0.29) is 23.1 Å². The maximum absolute atomic E-state index is 12.1. The summed E-state index contributed by atoms with van der Waals surface area (Å²) in [6.45, 7) is 6.00. The summed E-state index contributed by atoms with van der Waals surface area (Å²) in [4.78, 5) is 12.1. The van der Waals surface area contributed by atoms with Gasteiger partial charge in [0.1, 0.15) is 5.75 Å². The summed E-state index contributed by atoms with van der Waals surface area (Å²) in [6, 6.07) is 2.97. The highest BCUT2D eigenvalue weighted by Crippen LogP contribution is 2.28. The smallest absolute Gasteiger partial charge is 0.255 e. The van der Waals surface area contributed by atoms with Gasteiger partial charge in [0.2, 0.25) is 0 Å². The van der Waals surface area contributed by atoms with E-state index < -0.39 is 10.8 Å². The normalized spacial score (nSPS) is 12.2. The van der Waals surface area contributed by atoms with Crippen LogP contribution >= 0.6 is 24.0 Å². The van der Waals surface area contributed by atoms with Gasteiger partial charge >= 0.3 is 0 Å². The topological polar surface area (TPSA) is 81.4 Å². The van der Waals surface area contributed by atoms with Crippen molar-refractivity contribution in [3.8, 4) is 5.75 Å². The third kappa shape index (κ3) is 5.66. The van der Waals surface area contributed by atoms with Crippen molar-refractivity contribution in [2.24, 2.45) is 0 Å². The summed E-state index contributed by atoms with van der Waals surface area (Å²) in [6.07, 6.45) is 0. The number of methoxy groups -OCH3 is 1. The van der Waals surface area contributed by atoms with E-state index in [1.807, 2.05) is 20.8 Å². The van der Waals surface area contributed by atoms with Gasteiger partial charge in [-0.25, -0.2) is 0 Å². The predicted molar refractivity (Wildman–Crippen MR) is 94.8 cm³/mol. The van der Waals surface area contributed by atoms with E-state index in [0.717, 1.165) is 0 Å². The molecule has 3 N–H and O–H groups in total. The van der Waals surface area contributed by atoms with Gasteiger partial charge in [0.25, 0.3) is 5.91 Å². The molecule has 0 heterocycles. The standard InChI is InChI=1S/C14H21ClN2O3S.ClH/c1-14(2,3)21(19)6-5-17-13(18)9-7-10(15)11(16)8-12(9)20-4;/h7-8H,5-6,16H2,1-4H3,(H,17,18);1H. The fourth-order valence-electron chi connectivity index (χ4n) is 1.57. The minimum atomic E-state index is -1.02. The van der Waals surface area contributed by atoms with E-state index in [2.05, 4.69) is 5.32 Å². The highest BCUT2D eigenvalue weighted by molar-refractivity contribution is 7.86. The largest absolute Gasteiger partial charge is 0.496 e. The zero-order valence-electron chi connectivity index (χ0n) is 13.1. The molecule has 1 atom stereocenters. The first kappa shape index (κ1) is 21.0. The third-order valence-electron chi connectivity index (χ3n) is 2.82. The van der Waals surface area contributed by atoms with E-state index in [1.165, 1.54) is 19.2 Å². The lowest BCUT2D eigenvalue weighted by Gasteiger charge is -2.18. The number of hydrogen-bond acceptors (Lipinski definition) is 4. The number of halogens is 2. The molecule has 0 aliphatic rings. The van der Waals surface area contributed by atoms with Gasteiger partial charge in [0, 0.05) is 33.9 Å². The number of hydrogen-bond donors (Lipinski definition) is 2. The number of anilines is 1. The van der Waals surface area contributed by atoms with Crippen molar-refractivity contribution in [2.75, 3.05) is 25.1 Å².